The van der Waals surface area contributed by atoms with Crippen LogP contribution in [0, 0.1) is 0 Å². The first-order valence-corrected chi connectivity index (χ1v) is 5.02. The van der Waals surface area contributed by atoms with Gasteiger partial charge in [0.15, 0.2) is 0 Å². The number of phenols is 1. The van der Waals surface area contributed by atoms with Crippen LogP contribution in [-0.2, 0) is 6.42 Å². The molecule has 4 N–H and O–H groups in total. The maximum Gasteiger partial charge on any atom is 0.118 e. The van der Waals surface area contributed by atoms with E-state index in [1.165, 1.54) is 0 Å². The van der Waals surface area contributed by atoms with Crippen molar-refractivity contribution in [3.8, 4) is 5.75 Å². The molecule has 78 valence electrons. The third kappa shape index (κ3) is 3.77. The molecule has 0 fully saturated rings. The molecular weight excluding hydrogens is 176 g/mol. The van der Waals surface area contributed by atoms with E-state index in [1.54, 1.807) is 6.07 Å². The molecule has 0 radical (unpaired) electrons. The van der Waals surface area contributed by atoms with E-state index >= 15 is 0 Å². The van der Waals surface area contributed by atoms with Crippen LogP contribution in [0.5, 0.6) is 5.75 Å². The van der Waals surface area contributed by atoms with E-state index in [1.807, 2.05) is 18.2 Å². The molecule has 0 saturated heterocycles. The lowest BCUT2D eigenvalue weighted by molar-refractivity contribution is 0.466. The number of phenolic OH excluding ortho intramolecular Hbond substituents is 1. The quantitative estimate of drug-likeness (QED) is 0.589. The molecule has 14 heavy (non-hydrogen) atoms. The average molecular weight is 194 g/mol. The summed E-state index contributed by atoms with van der Waals surface area (Å²) in [5.41, 5.74) is 6.36. The van der Waals surface area contributed by atoms with Crippen molar-refractivity contribution in [1.29, 1.82) is 0 Å². The minimum atomic E-state index is 0.395. The summed E-state index contributed by atoms with van der Waals surface area (Å²) in [6.07, 6.45) is 1.93. The van der Waals surface area contributed by atoms with Crippen LogP contribution >= 0.6 is 0 Å². The van der Waals surface area contributed by atoms with Crippen LogP contribution in [-0.4, -0.2) is 24.7 Å². The Morgan fingerprint density at radius 3 is 2.71 bits per heavy atom. The lowest BCUT2D eigenvalue weighted by Crippen LogP contribution is -2.23. The molecule has 1 rings (SSSR count). The van der Waals surface area contributed by atoms with Gasteiger partial charge in [-0.15, -0.1) is 0 Å². The zero-order valence-corrected chi connectivity index (χ0v) is 8.37. The van der Waals surface area contributed by atoms with Crippen LogP contribution in [0.25, 0.3) is 0 Å². The van der Waals surface area contributed by atoms with Gasteiger partial charge in [0.25, 0.3) is 0 Å². The second-order valence-electron chi connectivity index (χ2n) is 3.27. The largest absolute Gasteiger partial charge is 0.508 e. The maximum absolute atomic E-state index is 9.47. The molecule has 1 aromatic rings. The van der Waals surface area contributed by atoms with Gasteiger partial charge in [0.05, 0.1) is 0 Å². The van der Waals surface area contributed by atoms with E-state index < -0.39 is 0 Å². The van der Waals surface area contributed by atoms with Crippen molar-refractivity contribution < 1.29 is 5.11 Å². The second kappa shape index (κ2) is 6.40. The number of aryl methyl sites for hydroxylation is 1. The number of nitrogens with one attached hydrogen (secondary N) is 1. The lowest BCUT2D eigenvalue weighted by Gasteiger charge is -2.04. The third-order valence-electron chi connectivity index (χ3n) is 2.11. The van der Waals surface area contributed by atoms with Gasteiger partial charge >= 0.3 is 0 Å². The predicted molar refractivity (Wildman–Crippen MR) is 58.4 cm³/mol. The Kier molecular flexibility index (Phi) is 5.04. The van der Waals surface area contributed by atoms with E-state index in [-0.39, 0.29) is 0 Å². The van der Waals surface area contributed by atoms with E-state index in [2.05, 4.69) is 5.32 Å². The number of rotatable bonds is 6. The highest BCUT2D eigenvalue weighted by Crippen LogP contribution is 2.16. The molecule has 0 aromatic heterocycles. The highest BCUT2D eigenvalue weighted by atomic mass is 16.3. The van der Waals surface area contributed by atoms with Gasteiger partial charge in [-0.3, -0.25) is 0 Å². The SMILES string of the molecule is NCCNCCCc1ccccc1O. The molecule has 0 spiro atoms. The van der Waals surface area contributed by atoms with Gasteiger partial charge in [-0.1, -0.05) is 18.2 Å². The summed E-state index contributed by atoms with van der Waals surface area (Å²) in [5.74, 6) is 0.395. The molecule has 0 saturated carbocycles. The van der Waals surface area contributed by atoms with Crippen molar-refractivity contribution in [2.24, 2.45) is 5.73 Å². The van der Waals surface area contributed by atoms with Crippen LogP contribution in [0.3, 0.4) is 0 Å². The zero-order chi connectivity index (χ0) is 10.2. The summed E-state index contributed by atoms with van der Waals surface area (Å²) in [5, 5.41) is 12.7. The minimum Gasteiger partial charge on any atom is -0.508 e. The molecular formula is C11H18N2O. The molecule has 0 heterocycles. The molecule has 0 atom stereocenters. The number of para-hydroxylation sites is 1. The average Bonchev–Trinajstić information content (AvgIpc) is 2.20. The van der Waals surface area contributed by atoms with Crippen molar-refractivity contribution >= 4 is 0 Å². The van der Waals surface area contributed by atoms with Crippen LogP contribution in [0.4, 0.5) is 0 Å². The molecule has 0 aliphatic rings. The van der Waals surface area contributed by atoms with Gasteiger partial charge < -0.3 is 16.2 Å². The molecule has 3 nitrogen and oxygen atoms in total. The van der Waals surface area contributed by atoms with Crippen molar-refractivity contribution in [2.75, 3.05) is 19.6 Å². The Bertz CT molecular complexity index is 263. The molecule has 0 aliphatic heterocycles. The summed E-state index contributed by atoms with van der Waals surface area (Å²) < 4.78 is 0. The second-order valence-corrected chi connectivity index (χ2v) is 3.27. The van der Waals surface area contributed by atoms with Crippen LogP contribution in [0.1, 0.15) is 12.0 Å². The fourth-order valence-electron chi connectivity index (χ4n) is 1.35. The summed E-state index contributed by atoms with van der Waals surface area (Å²) in [4.78, 5) is 0. The minimum absolute atomic E-state index is 0.395. The monoisotopic (exact) mass is 194 g/mol. The maximum atomic E-state index is 9.47. The van der Waals surface area contributed by atoms with Gasteiger partial charge in [0.1, 0.15) is 5.75 Å². The number of aromatic hydroxyl groups is 1. The fraction of sp³-hybridized carbons (Fsp3) is 0.455. The smallest absolute Gasteiger partial charge is 0.118 e. The summed E-state index contributed by atoms with van der Waals surface area (Å²) in [7, 11) is 0. The lowest BCUT2D eigenvalue weighted by atomic mass is 10.1. The van der Waals surface area contributed by atoms with E-state index in [4.69, 9.17) is 5.73 Å². The Morgan fingerprint density at radius 1 is 1.21 bits per heavy atom. The Hall–Kier alpha value is -1.06. The number of nitrogens with two attached hydrogens (primary N) is 1. The molecule has 0 amide bonds. The molecule has 0 bridgehead atoms. The topological polar surface area (TPSA) is 58.3 Å². The van der Waals surface area contributed by atoms with E-state index in [9.17, 15) is 5.11 Å². The van der Waals surface area contributed by atoms with Crippen molar-refractivity contribution in [1.82, 2.24) is 5.32 Å². The third-order valence-corrected chi connectivity index (χ3v) is 2.11. The highest BCUT2D eigenvalue weighted by Gasteiger charge is 1.98. The first-order chi connectivity index (χ1) is 6.84. The fourth-order valence-corrected chi connectivity index (χ4v) is 1.35. The zero-order valence-electron chi connectivity index (χ0n) is 8.37. The summed E-state index contributed by atoms with van der Waals surface area (Å²) in [6, 6.07) is 7.47. The Labute approximate surface area is 84.9 Å². The molecule has 0 unspecified atom stereocenters. The first kappa shape index (κ1) is 11.0. The molecule has 0 aliphatic carbocycles. The number of benzene rings is 1. The van der Waals surface area contributed by atoms with Crippen LogP contribution < -0.4 is 11.1 Å². The Morgan fingerprint density at radius 2 is 2.00 bits per heavy atom. The normalized spacial score (nSPS) is 10.4. The molecule has 1 aromatic carbocycles. The van der Waals surface area contributed by atoms with Gasteiger partial charge in [-0.05, 0) is 31.0 Å². The van der Waals surface area contributed by atoms with Crippen LogP contribution in [0.2, 0.25) is 0 Å². The van der Waals surface area contributed by atoms with E-state index in [0.29, 0.717) is 12.3 Å². The van der Waals surface area contributed by atoms with Crippen molar-refractivity contribution in [3.05, 3.63) is 29.8 Å². The van der Waals surface area contributed by atoms with Gasteiger partial charge in [-0.25, -0.2) is 0 Å². The standard InChI is InChI=1S/C11H18N2O/c12-7-9-13-8-3-5-10-4-1-2-6-11(10)14/h1-2,4,6,13-14H,3,5,7-9,12H2. The highest BCUT2D eigenvalue weighted by molar-refractivity contribution is 5.31. The predicted octanol–water partition coefficient (Wildman–Crippen LogP) is 0.873. The van der Waals surface area contributed by atoms with Crippen molar-refractivity contribution in [2.45, 2.75) is 12.8 Å². The molecule has 3 heteroatoms. The van der Waals surface area contributed by atoms with Gasteiger partial charge in [0, 0.05) is 13.1 Å². The Balaban J connectivity index is 2.21. The number of hydrogen-bond acceptors (Lipinski definition) is 3. The van der Waals surface area contributed by atoms with Gasteiger partial charge in [0.2, 0.25) is 0 Å². The van der Waals surface area contributed by atoms with Gasteiger partial charge in [-0.2, -0.15) is 0 Å². The summed E-state index contributed by atoms with van der Waals surface area (Å²) >= 11 is 0. The van der Waals surface area contributed by atoms with Crippen molar-refractivity contribution in [3.63, 3.8) is 0 Å². The summed E-state index contributed by atoms with van der Waals surface area (Å²) in [6.45, 7) is 2.49. The number of hydrogen-bond donors (Lipinski definition) is 3. The van der Waals surface area contributed by atoms with E-state index in [0.717, 1.165) is 31.5 Å². The van der Waals surface area contributed by atoms with Crippen LogP contribution in [0.15, 0.2) is 24.3 Å². The first-order valence-electron chi connectivity index (χ1n) is 5.02.